The minimum atomic E-state index is -5.14. The van der Waals surface area contributed by atoms with Crippen molar-refractivity contribution in [2.24, 2.45) is 0 Å². The number of aryl methyl sites for hydroxylation is 1. The first-order valence-corrected chi connectivity index (χ1v) is 12.0. The molecule has 0 amide bonds. The smallest absolute Gasteiger partial charge is 0.450 e. The van der Waals surface area contributed by atoms with Gasteiger partial charge in [-0.1, -0.05) is 0 Å². The first-order chi connectivity index (χ1) is 18.0. The second-order valence-corrected chi connectivity index (χ2v) is 9.44. The number of benzene rings is 1. The largest absolute Gasteiger partial charge is 0.455 e. The third-order valence-electron chi connectivity index (χ3n) is 5.23. The lowest BCUT2D eigenvalue weighted by Gasteiger charge is -2.15. The van der Waals surface area contributed by atoms with Gasteiger partial charge in [-0.2, -0.15) is 13.2 Å². The van der Waals surface area contributed by atoms with Crippen molar-refractivity contribution in [3.05, 3.63) is 72.3 Å². The third-order valence-corrected chi connectivity index (χ3v) is 6.60. The quantitative estimate of drug-likeness (QED) is 0.246. The minimum absolute atomic E-state index is 0.0651. The Labute approximate surface area is 210 Å². The second kappa shape index (κ2) is 9.05. The van der Waals surface area contributed by atoms with Crippen molar-refractivity contribution >= 4 is 38.4 Å². The molecule has 0 radical (unpaired) electrons. The van der Waals surface area contributed by atoms with Crippen molar-refractivity contribution < 1.29 is 34.8 Å². The number of anilines is 3. The van der Waals surface area contributed by atoms with Gasteiger partial charge in [0.05, 0.1) is 12.0 Å². The third kappa shape index (κ3) is 4.49. The Hall–Kier alpha value is -4.60. The fourth-order valence-corrected chi connectivity index (χ4v) is 4.90. The van der Waals surface area contributed by atoms with Crippen molar-refractivity contribution in [2.45, 2.75) is 18.0 Å². The summed E-state index contributed by atoms with van der Waals surface area (Å²) in [7, 11) is -5.00. The van der Waals surface area contributed by atoms with E-state index < -0.39 is 49.9 Å². The highest BCUT2D eigenvalue weighted by molar-refractivity contribution is 7.92. The summed E-state index contributed by atoms with van der Waals surface area (Å²) in [5, 5.41) is 2.48. The standard InChI is InChI=1S/C22H14F5N7O3S/c1-10-7-14(19(37-10)22(25,26)27)38(35,36)34-13-5-4-12(23)17(15(13)24)33-20-11(3-2-6-28-20)16-18-21(31-8-29-16)32-9-30-18/h2-9,34H,1H3,(H,28,33)(H,29,30,31,32). The van der Waals surface area contributed by atoms with Gasteiger partial charge >= 0.3 is 6.18 Å². The van der Waals surface area contributed by atoms with Crippen molar-refractivity contribution in [1.29, 1.82) is 0 Å². The predicted molar refractivity (Wildman–Crippen MR) is 124 cm³/mol. The molecule has 4 aromatic heterocycles. The summed E-state index contributed by atoms with van der Waals surface area (Å²) in [5.74, 6) is -4.75. The number of imidazole rings is 1. The van der Waals surface area contributed by atoms with Crippen LogP contribution >= 0.6 is 0 Å². The summed E-state index contributed by atoms with van der Waals surface area (Å²) in [4.78, 5) is 17.9. The molecule has 10 nitrogen and oxygen atoms in total. The highest BCUT2D eigenvalue weighted by atomic mass is 32.2. The molecule has 0 spiro atoms. The summed E-state index contributed by atoms with van der Waals surface area (Å²) in [6.07, 6.45) is -1.19. The summed E-state index contributed by atoms with van der Waals surface area (Å²) in [6, 6.07) is 5.21. The molecule has 0 saturated heterocycles. The lowest BCUT2D eigenvalue weighted by atomic mass is 10.1. The molecular formula is C22H14F5N7O3S. The molecule has 3 N–H and O–H groups in total. The molecular weight excluding hydrogens is 537 g/mol. The topological polar surface area (TPSA) is 139 Å². The Kier molecular flexibility index (Phi) is 5.97. The van der Waals surface area contributed by atoms with E-state index in [2.05, 4.69) is 34.7 Å². The van der Waals surface area contributed by atoms with Gasteiger partial charge in [0.25, 0.3) is 10.0 Å². The van der Waals surface area contributed by atoms with Crippen LogP contribution in [0, 0.1) is 18.6 Å². The molecule has 1 aromatic carbocycles. The molecule has 196 valence electrons. The van der Waals surface area contributed by atoms with Crippen LogP contribution in [0.1, 0.15) is 11.5 Å². The van der Waals surface area contributed by atoms with Crippen LogP contribution in [0.2, 0.25) is 0 Å². The van der Waals surface area contributed by atoms with Crippen molar-refractivity contribution in [1.82, 2.24) is 24.9 Å². The zero-order chi connectivity index (χ0) is 27.2. The molecule has 0 aliphatic carbocycles. The van der Waals surface area contributed by atoms with Gasteiger partial charge in [-0.15, -0.1) is 0 Å². The van der Waals surface area contributed by atoms with Crippen molar-refractivity contribution in [3.8, 4) is 11.3 Å². The predicted octanol–water partition coefficient (Wildman–Crippen LogP) is 5.16. The molecule has 5 rings (SSSR count). The van der Waals surface area contributed by atoms with E-state index in [1.807, 2.05) is 0 Å². The van der Waals surface area contributed by atoms with Crippen LogP contribution in [0.25, 0.3) is 22.4 Å². The highest BCUT2D eigenvalue weighted by Crippen LogP contribution is 2.38. The molecule has 0 saturated carbocycles. The zero-order valence-corrected chi connectivity index (χ0v) is 19.7. The van der Waals surface area contributed by atoms with E-state index in [0.717, 1.165) is 19.1 Å². The zero-order valence-electron chi connectivity index (χ0n) is 18.9. The number of H-pyrrole nitrogens is 1. The lowest BCUT2D eigenvalue weighted by Crippen LogP contribution is -2.18. The number of nitrogens with one attached hydrogen (secondary N) is 3. The monoisotopic (exact) mass is 551 g/mol. The maximum atomic E-state index is 15.4. The van der Waals surface area contributed by atoms with Gasteiger partial charge in [-0.25, -0.2) is 37.1 Å². The van der Waals surface area contributed by atoms with Crippen LogP contribution in [0.4, 0.5) is 39.1 Å². The Morgan fingerprint density at radius 3 is 2.61 bits per heavy atom. The number of aromatic amines is 1. The maximum Gasteiger partial charge on any atom is 0.450 e. The van der Waals surface area contributed by atoms with Gasteiger partial charge in [0.15, 0.2) is 11.5 Å². The van der Waals surface area contributed by atoms with E-state index in [4.69, 9.17) is 0 Å². The van der Waals surface area contributed by atoms with E-state index in [-0.39, 0.29) is 17.1 Å². The lowest BCUT2D eigenvalue weighted by molar-refractivity contribution is -0.155. The summed E-state index contributed by atoms with van der Waals surface area (Å²) in [5.41, 5.74) is -0.308. The Balaban J connectivity index is 1.54. The van der Waals surface area contributed by atoms with Crippen LogP contribution in [0.15, 0.2) is 58.5 Å². The highest BCUT2D eigenvalue weighted by Gasteiger charge is 2.42. The summed E-state index contributed by atoms with van der Waals surface area (Å²) < 4.78 is 102. The van der Waals surface area contributed by atoms with Crippen LogP contribution < -0.4 is 10.0 Å². The fraction of sp³-hybridized carbons (Fsp3) is 0.0909. The van der Waals surface area contributed by atoms with Crippen molar-refractivity contribution in [2.75, 3.05) is 10.0 Å². The van der Waals surface area contributed by atoms with Gasteiger partial charge in [0.1, 0.15) is 45.5 Å². The molecule has 0 fully saturated rings. The molecule has 0 atom stereocenters. The number of furan rings is 1. The number of halogens is 5. The normalized spacial score (nSPS) is 12.2. The Morgan fingerprint density at radius 2 is 1.84 bits per heavy atom. The van der Waals surface area contributed by atoms with Crippen molar-refractivity contribution in [3.63, 3.8) is 0 Å². The SMILES string of the molecule is Cc1cc(S(=O)(=O)Nc2ccc(F)c(Nc3ncccc3-c3ncnc4nc[nH]c34)c2F)c(C(F)(F)F)o1. The molecule has 0 bridgehead atoms. The molecule has 0 unspecified atom stereocenters. The van der Waals surface area contributed by atoms with Crippen LogP contribution in [-0.4, -0.2) is 33.3 Å². The first-order valence-electron chi connectivity index (χ1n) is 10.5. The Bertz CT molecular complexity index is 1780. The maximum absolute atomic E-state index is 15.4. The molecule has 5 aromatic rings. The number of hydrogen-bond acceptors (Lipinski definition) is 8. The van der Waals surface area contributed by atoms with Crippen LogP contribution in [0.3, 0.4) is 0 Å². The number of hydrogen-bond donors (Lipinski definition) is 3. The van der Waals surface area contributed by atoms with E-state index in [1.54, 1.807) is 16.9 Å². The average molecular weight is 551 g/mol. The Morgan fingerprint density at radius 1 is 1.05 bits per heavy atom. The molecule has 0 aliphatic heterocycles. The van der Waals surface area contributed by atoms with Gasteiger partial charge in [-0.3, -0.25) is 4.72 Å². The van der Waals surface area contributed by atoms with Gasteiger partial charge < -0.3 is 14.7 Å². The second-order valence-electron chi connectivity index (χ2n) is 7.79. The minimum Gasteiger partial charge on any atom is -0.455 e. The number of sulfonamides is 1. The van der Waals surface area contributed by atoms with E-state index >= 15 is 4.39 Å². The molecule has 38 heavy (non-hydrogen) atoms. The van der Waals surface area contributed by atoms with E-state index in [0.29, 0.717) is 22.9 Å². The first kappa shape index (κ1) is 25.1. The van der Waals surface area contributed by atoms with E-state index in [9.17, 15) is 26.0 Å². The number of aromatic nitrogens is 5. The fourth-order valence-electron chi connectivity index (χ4n) is 3.62. The van der Waals surface area contributed by atoms with Gasteiger partial charge in [0.2, 0.25) is 5.76 Å². The van der Waals surface area contributed by atoms with Crippen LogP contribution in [-0.2, 0) is 16.2 Å². The van der Waals surface area contributed by atoms with Gasteiger partial charge in [0, 0.05) is 17.8 Å². The van der Waals surface area contributed by atoms with Crippen LogP contribution in [0.5, 0.6) is 0 Å². The summed E-state index contributed by atoms with van der Waals surface area (Å²) in [6.45, 7) is 1.12. The number of pyridine rings is 1. The number of nitrogens with zero attached hydrogens (tertiary/aromatic N) is 4. The number of rotatable bonds is 6. The number of fused-ring (bicyclic) bond motifs is 1. The van der Waals surface area contributed by atoms with Gasteiger partial charge in [-0.05, 0) is 31.2 Å². The number of alkyl halides is 3. The molecule has 4 heterocycles. The summed E-state index contributed by atoms with van der Waals surface area (Å²) >= 11 is 0. The van der Waals surface area contributed by atoms with E-state index in [1.165, 1.54) is 18.9 Å². The molecule has 16 heteroatoms. The average Bonchev–Trinajstić information content (AvgIpc) is 3.51. The molecule has 0 aliphatic rings.